The van der Waals surface area contributed by atoms with E-state index in [1.165, 1.54) is 0 Å². The summed E-state index contributed by atoms with van der Waals surface area (Å²) in [4.78, 5) is 30.0. The summed E-state index contributed by atoms with van der Waals surface area (Å²) < 4.78 is 0. The Morgan fingerprint density at radius 2 is 1.32 bits per heavy atom. The molecule has 0 saturated carbocycles. The van der Waals surface area contributed by atoms with Crippen LogP contribution < -0.4 is 104 Å². The van der Waals surface area contributed by atoms with Gasteiger partial charge in [0, 0.05) is 31.4 Å². The molecule has 0 bridgehead atoms. The van der Waals surface area contributed by atoms with E-state index in [2.05, 4.69) is 0 Å². The van der Waals surface area contributed by atoms with E-state index in [1.54, 1.807) is 6.92 Å². The van der Waals surface area contributed by atoms with Crippen molar-refractivity contribution in [2.75, 3.05) is 6.61 Å². The summed E-state index contributed by atoms with van der Waals surface area (Å²) in [5.41, 5.74) is -2.97. The van der Waals surface area contributed by atoms with Crippen LogP contribution in [0.15, 0.2) is 0 Å². The zero-order chi connectivity index (χ0) is 15.6. The minimum absolute atomic E-state index is 0. The van der Waals surface area contributed by atoms with E-state index >= 15 is 0 Å². The molecule has 0 aromatic rings. The second-order valence-corrected chi connectivity index (χ2v) is 3.78. The predicted octanol–water partition coefficient (Wildman–Crippen LogP) is -14.5. The van der Waals surface area contributed by atoms with Crippen LogP contribution in [0.25, 0.3) is 0 Å². The van der Waals surface area contributed by atoms with Gasteiger partial charge < -0.3 is 45.0 Å². The molecule has 9 nitrogen and oxygen atoms in total. The van der Waals surface area contributed by atoms with Gasteiger partial charge in [0.2, 0.25) is 0 Å². The molecular formula is C10H15Na3O9. The summed E-state index contributed by atoms with van der Waals surface area (Å²) in [6, 6.07) is 0. The standard InChI is InChI=1S/C6H8O7.C4H10O2.3Na/c7-3(8)1-6(13,5(11)12)2-4(9)10;1-4(6)2-3-5;;;/h13H,1-2H2,(H,7,8)(H,9,10)(H,11,12);4-6H,2-3H2,1H3;;;/q;;3*+1/p-3. The maximum absolute atomic E-state index is 10.1. The summed E-state index contributed by atoms with van der Waals surface area (Å²) in [6.45, 7) is 1.73. The Labute approximate surface area is 194 Å². The van der Waals surface area contributed by atoms with Gasteiger partial charge in [-0.25, -0.2) is 0 Å². The Morgan fingerprint density at radius 1 is 1.00 bits per heavy atom. The Bertz CT molecular complexity index is 307. The fraction of sp³-hybridized carbons (Fsp3) is 0.700. The van der Waals surface area contributed by atoms with Crippen molar-refractivity contribution in [1.82, 2.24) is 0 Å². The quantitative estimate of drug-likeness (QED) is 0.376. The van der Waals surface area contributed by atoms with Crippen molar-refractivity contribution in [3.63, 3.8) is 0 Å². The van der Waals surface area contributed by atoms with Crippen LogP contribution in [0.4, 0.5) is 0 Å². The number of carbonyl (C=O) groups excluding carboxylic acids is 3. The first-order valence-electron chi connectivity index (χ1n) is 5.17. The van der Waals surface area contributed by atoms with Gasteiger partial charge in [-0.1, -0.05) is 0 Å². The van der Waals surface area contributed by atoms with E-state index in [0.29, 0.717) is 6.42 Å². The van der Waals surface area contributed by atoms with Gasteiger partial charge in [0.1, 0.15) is 5.60 Å². The first-order valence-corrected chi connectivity index (χ1v) is 5.17. The maximum Gasteiger partial charge on any atom is 1.00 e. The number of hydrogen-bond acceptors (Lipinski definition) is 9. The molecule has 0 aliphatic heterocycles. The number of hydrogen-bond donors (Lipinski definition) is 3. The molecular weight excluding hydrogens is 333 g/mol. The number of aliphatic hydroxyl groups is 3. The van der Waals surface area contributed by atoms with Gasteiger partial charge in [0.15, 0.2) is 0 Å². The number of rotatable bonds is 7. The zero-order valence-corrected chi connectivity index (χ0v) is 19.2. The van der Waals surface area contributed by atoms with Crippen molar-refractivity contribution < 1.29 is 134 Å². The number of aliphatic hydroxyl groups excluding tert-OH is 2. The largest absolute Gasteiger partial charge is 1.00 e. The van der Waals surface area contributed by atoms with E-state index in [9.17, 15) is 29.7 Å². The maximum atomic E-state index is 10.1. The molecule has 0 saturated heterocycles. The second-order valence-electron chi connectivity index (χ2n) is 3.78. The van der Waals surface area contributed by atoms with Crippen molar-refractivity contribution in [3.8, 4) is 0 Å². The fourth-order valence-corrected chi connectivity index (χ4v) is 0.871. The van der Waals surface area contributed by atoms with Gasteiger partial charge in [-0.15, -0.1) is 0 Å². The SMILES string of the molecule is CC(O)CCO.O=C([O-])CC(O)(CC(=O)[O-])C(=O)[O-].[Na+].[Na+].[Na+]. The smallest absolute Gasteiger partial charge is 0.550 e. The normalized spacial score (nSPS) is 10.4. The van der Waals surface area contributed by atoms with Crippen molar-refractivity contribution in [1.29, 1.82) is 0 Å². The number of carboxylic acids is 3. The van der Waals surface area contributed by atoms with Gasteiger partial charge in [-0.05, 0) is 13.3 Å². The third kappa shape index (κ3) is 21.3. The van der Waals surface area contributed by atoms with E-state index < -0.39 is 36.4 Å². The molecule has 0 spiro atoms. The van der Waals surface area contributed by atoms with Crippen LogP contribution in [0.5, 0.6) is 0 Å². The van der Waals surface area contributed by atoms with E-state index in [1.807, 2.05) is 0 Å². The molecule has 0 aliphatic carbocycles. The minimum Gasteiger partial charge on any atom is -0.550 e. The molecule has 0 heterocycles. The second kappa shape index (κ2) is 18.6. The average Bonchev–Trinajstić information content (AvgIpc) is 2.14. The van der Waals surface area contributed by atoms with Gasteiger partial charge in [-0.2, -0.15) is 0 Å². The summed E-state index contributed by atoms with van der Waals surface area (Å²) in [5.74, 6) is -5.98. The van der Waals surface area contributed by atoms with Crippen LogP contribution in [0.1, 0.15) is 26.2 Å². The molecule has 112 valence electrons. The monoisotopic (exact) mass is 348 g/mol. The molecule has 1 atom stereocenters. The van der Waals surface area contributed by atoms with Gasteiger partial charge in [0.25, 0.3) is 0 Å². The summed E-state index contributed by atoms with van der Waals surface area (Å²) >= 11 is 0. The molecule has 0 rings (SSSR count). The Morgan fingerprint density at radius 3 is 1.41 bits per heavy atom. The van der Waals surface area contributed by atoms with Crippen molar-refractivity contribution >= 4 is 17.9 Å². The van der Waals surface area contributed by atoms with Crippen LogP contribution in [0.3, 0.4) is 0 Å². The summed E-state index contributed by atoms with van der Waals surface area (Å²) in [5, 5.41) is 55.4. The molecule has 0 fully saturated rings. The number of carboxylic acid groups (broad SMARTS) is 3. The number of carbonyl (C=O) groups is 3. The zero-order valence-electron chi connectivity index (χ0n) is 13.2. The molecule has 1 unspecified atom stereocenters. The molecule has 22 heavy (non-hydrogen) atoms. The first-order chi connectivity index (χ1) is 8.55. The van der Waals surface area contributed by atoms with Crippen LogP contribution in [0, 0.1) is 0 Å². The molecule has 0 radical (unpaired) electrons. The molecule has 0 amide bonds. The van der Waals surface area contributed by atoms with Gasteiger partial charge >= 0.3 is 88.7 Å². The summed E-state index contributed by atoms with van der Waals surface area (Å²) in [6.07, 6.45) is -2.58. The van der Waals surface area contributed by atoms with Crippen LogP contribution in [0.2, 0.25) is 0 Å². The van der Waals surface area contributed by atoms with Gasteiger partial charge in [0.05, 0.1) is 12.1 Å². The predicted molar refractivity (Wildman–Crippen MR) is 52.6 cm³/mol. The Kier molecular flexibility index (Phi) is 29.3. The summed E-state index contributed by atoms with van der Waals surface area (Å²) in [7, 11) is 0. The fourth-order valence-electron chi connectivity index (χ4n) is 0.871. The third-order valence-electron chi connectivity index (χ3n) is 1.80. The van der Waals surface area contributed by atoms with Crippen molar-refractivity contribution in [3.05, 3.63) is 0 Å². The van der Waals surface area contributed by atoms with Crippen molar-refractivity contribution in [2.24, 2.45) is 0 Å². The average molecular weight is 348 g/mol. The Hall–Kier alpha value is 1.29. The van der Waals surface area contributed by atoms with Crippen LogP contribution in [-0.4, -0.2) is 51.5 Å². The first kappa shape index (κ1) is 34.6. The van der Waals surface area contributed by atoms with Crippen LogP contribution in [-0.2, 0) is 14.4 Å². The van der Waals surface area contributed by atoms with Crippen molar-refractivity contribution in [2.45, 2.75) is 37.9 Å². The minimum atomic E-state index is -2.97. The van der Waals surface area contributed by atoms with E-state index in [-0.39, 0.29) is 101 Å². The molecule has 0 aromatic carbocycles. The molecule has 0 aliphatic rings. The van der Waals surface area contributed by atoms with Gasteiger partial charge in [-0.3, -0.25) is 0 Å². The molecule has 12 heteroatoms. The third-order valence-corrected chi connectivity index (χ3v) is 1.80. The molecule has 0 aromatic heterocycles. The molecule has 3 N–H and O–H groups in total. The van der Waals surface area contributed by atoms with Crippen LogP contribution >= 0.6 is 0 Å². The number of aliphatic carboxylic acids is 3. The Balaban J connectivity index is -0.0000000933. The topological polar surface area (TPSA) is 181 Å². The van der Waals surface area contributed by atoms with E-state index in [0.717, 1.165) is 0 Å². The van der Waals surface area contributed by atoms with E-state index in [4.69, 9.17) is 15.3 Å².